The Morgan fingerprint density at radius 1 is 1.41 bits per heavy atom. The van der Waals surface area contributed by atoms with Gasteiger partial charge in [-0.15, -0.1) is 11.8 Å². The van der Waals surface area contributed by atoms with Gasteiger partial charge in [0.1, 0.15) is 5.25 Å². The van der Waals surface area contributed by atoms with Gasteiger partial charge in [0, 0.05) is 16.8 Å². The van der Waals surface area contributed by atoms with Gasteiger partial charge in [0.05, 0.1) is 0 Å². The van der Waals surface area contributed by atoms with Crippen LogP contribution < -0.4 is 5.32 Å². The van der Waals surface area contributed by atoms with Crippen molar-refractivity contribution in [3.63, 3.8) is 0 Å². The quantitative estimate of drug-likeness (QED) is 0.849. The predicted molar refractivity (Wildman–Crippen MR) is 71.2 cm³/mol. The SMILES string of the molecule is CSc1cccc(NC(=O)C(C)S(C)(=O)=O)c1. The van der Waals surface area contributed by atoms with E-state index in [0.29, 0.717) is 5.69 Å². The van der Waals surface area contributed by atoms with Gasteiger partial charge in [-0.25, -0.2) is 8.42 Å². The first-order valence-electron chi connectivity index (χ1n) is 4.98. The molecule has 6 heteroatoms. The first kappa shape index (κ1) is 14.1. The van der Waals surface area contributed by atoms with Crippen LogP contribution >= 0.6 is 11.8 Å². The monoisotopic (exact) mass is 273 g/mol. The fourth-order valence-electron chi connectivity index (χ4n) is 1.14. The van der Waals surface area contributed by atoms with E-state index in [0.717, 1.165) is 11.2 Å². The number of nitrogens with one attached hydrogen (secondary N) is 1. The summed E-state index contributed by atoms with van der Waals surface area (Å²) in [6, 6.07) is 7.26. The van der Waals surface area contributed by atoms with Crippen molar-refractivity contribution in [3.8, 4) is 0 Å². The van der Waals surface area contributed by atoms with Gasteiger partial charge >= 0.3 is 0 Å². The van der Waals surface area contributed by atoms with Gasteiger partial charge in [-0.2, -0.15) is 0 Å². The molecule has 4 nitrogen and oxygen atoms in total. The zero-order valence-electron chi connectivity index (χ0n) is 9.93. The fraction of sp³-hybridized carbons (Fsp3) is 0.364. The van der Waals surface area contributed by atoms with Crippen molar-refractivity contribution in [1.29, 1.82) is 0 Å². The zero-order valence-corrected chi connectivity index (χ0v) is 11.6. The second-order valence-electron chi connectivity index (χ2n) is 3.69. The number of carbonyl (C=O) groups excluding carboxylic acids is 1. The Morgan fingerprint density at radius 3 is 2.59 bits per heavy atom. The van der Waals surface area contributed by atoms with Crippen LogP contribution in [-0.4, -0.2) is 32.1 Å². The minimum absolute atomic E-state index is 0.509. The van der Waals surface area contributed by atoms with E-state index >= 15 is 0 Å². The second kappa shape index (κ2) is 5.55. The van der Waals surface area contributed by atoms with Crippen LogP contribution in [-0.2, 0) is 14.6 Å². The Balaban J connectivity index is 2.81. The average molecular weight is 273 g/mol. The minimum atomic E-state index is -3.36. The number of carbonyl (C=O) groups is 1. The molecule has 0 aliphatic rings. The zero-order chi connectivity index (χ0) is 13.1. The van der Waals surface area contributed by atoms with Crippen molar-refractivity contribution >= 4 is 33.2 Å². The lowest BCUT2D eigenvalue weighted by atomic mass is 10.3. The minimum Gasteiger partial charge on any atom is -0.325 e. The van der Waals surface area contributed by atoms with Gasteiger partial charge in [-0.05, 0) is 31.4 Å². The Morgan fingerprint density at radius 2 is 2.06 bits per heavy atom. The Kier molecular flexibility index (Phi) is 4.59. The van der Waals surface area contributed by atoms with Crippen LogP contribution in [0.5, 0.6) is 0 Å². The van der Waals surface area contributed by atoms with Gasteiger partial charge in [-0.1, -0.05) is 6.07 Å². The first-order chi connectivity index (χ1) is 7.84. The summed E-state index contributed by atoms with van der Waals surface area (Å²) in [6.07, 6.45) is 2.98. The van der Waals surface area contributed by atoms with Gasteiger partial charge in [0.25, 0.3) is 0 Å². The van der Waals surface area contributed by atoms with Crippen LogP contribution in [0.15, 0.2) is 29.2 Å². The van der Waals surface area contributed by atoms with Crippen LogP contribution in [0.3, 0.4) is 0 Å². The first-order valence-corrected chi connectivity index (χ1v) is 8.16. The van der Waals surface area contributed by atoms with Crippen LogP contribution in [0.4, 0.5) is 5.69 Å². The predicted octanol–water partition coefficient (Wildman–Crippen LogP) is 1.78. The Hall–Kier alpha value is -1.01. The molecular weight excluding hydrogens is 258 g/mol. The van der Waals surface area contributed by atoms with Gasteiger partial charge in [-0.3, -0.25) is 4.79 Å². The maximum Gasteiger partial charge on any atom is 0.242 e. The molecule has 17 heavy (non-hydrogen) atoms. The average Bonchev–Trinajstić information content (AvgIpc) is 2.27. The molecule has 0 radical (unpaired) electrons. The lowest BCUT2D eigenvalue weighted by Gasteiger charge is -2.10. The molecule has 1 amide bonds. The molecule has 1 N–H and O–H groups in total. The molecule has 0 heterocycles. The summed E-state index contributed by atoms with van der Waals surface area (Å²) in [5.74, 6) is -0.509. The highest BCUT2D eigenvalue weighted by Gasteiger charge is 2.23. The standard InChI is InChI=1S/C11H15NO3S2/c1-8(17(3,14)15)11(13)12-9-5-4-6-10(7-9)16-2/h4-8H,1-3H3,(H,12,13). The van der Waals surface area contributed by atoms with Crippen LogP contribution in [0.25, 0.3) is 0 Å². The van der Waals surface area contributed by atoms with Gasteiger partial charge in [0.2, 0.25) is 5.91 Å². The number of hydrogen-bond acceptors (Lipinski definition) is 4. The van der Waals surface area contributed by atoms with E-state index in [1.54, 1.807) is 23.9 Å². The van der Waals surface area contributed by atoms with Crippen molar-refractivity contribution in [2.24, 2.45) is 0 Å². The summed E-state index contributed by atoms with van der Waals surface area (Å²) in [4.78, 5) is 12.7. The van der Waals surface area contributed by atoms with E-state index in [1.807, 2.05) is 18.4 Å². The van der Waals surface area contributed by atoms with E-state index in [2.05, 4.69) is 5.32 Å². The Labute approximate surface area is 106 Å². The number of hydrogen-bond donors (Lipinski definition) is 1. The summed E-state index contributed by atoms with van der Waals surface area (Å²) in [5.41, 5.74) is 0.609. The topological polar surface area (TPSA) is 63.2 Å². The molecule has 0 aliphatic heterocycles. The molecule has 1 aromatic carbocycles. The summed E-state index contributed by atoms with van der Waals surface area (Å²) in [5, 5.41) is 1.55. The van der Waals surface area contributed by atoms with Crippen LogP contribution in [0.2, 0.25) is 0 Å². The van der Waals surface area contributed by atoms with Crippen molar-refractivity contribution in [2.45, 2.75) is 17.1 Å². The molecule has 0 aromatic heterocycles. The van der Waals surface area contributed by atoms with E-state index < -0.39 is 21.0 Å². The smallest absolute Gasteiger partial charge is 0.242 e. The molecule has 0 aliphatic carbocycles. The summed E-state index contributed by atoms with van der Waals surface area (Å²) < 4.78 is 22.4. The molecule has 0 spiro atoms. The van der Waals surface area contributed by atoms with Crippen molar-refractivity contribution in [2.75, 3.05) is 17.8 Å². The fourth-order valence-corrected chi connectivity index (χ4v) is 2.05. The highest BCUT2D eigenvalue weighted by molar-refractivity contribution is 7.98. The normalized spacial score (nSPS) is 13.1. The number of amides is 1. The number of anilines is 1. The lowest BCUT2D eigenvalue weighted by molar-refractivity contribution is -0.115. The third kappa shape index (κ3) is 4.05. The lowest BCUT2D eigenvalue weighted by Crippen LogP contribution is -2.31. The number of sulfone groups is 1. The molecule has 0 saturated carbocycles. The van der Waals surface area contributed by atoms with E-state index in [-0.39, 0.29) is 0 Å². The highest BCUT2D eigenvalue weighted by atomic mass is 32.2. The summed E-state index contributed by atoms with van der Waals surface area (Å²) in [7, 11) is -3.36. The molecule has 1 rings (SSSR count). The molecular formula is C11H15NO3S2. The third-order valence-electron chi connectivity index (χ3n) is 2.35. The number of thioether (sulfide) groups is 1. The Bertz CT molecular complexity index is 511. The summed E-state index contributed by atoms with van der Waals surface area (Å²) in [6.45, 7) is 1.38. The van der Waals surface area contributed by atoms with Crippen molar-refractivity contribution in [1.82, 2.24) is 0 Å². The summed E-state index contributed by atoms with van der Waals surface area (Å²) >= 11 is 1.55. The number of rotatable bonds is 4. The van der Waals surface area contributed by atoms with Crippen molar-refractivity contribution in [3.05, 3.63) is 24.3 Å². The van der Waals surface area contributed by atoms with Gasteiger partial charge < -0.3 is 5.32 Å². The molecule has 0 saturated heterocycles. The van der Waals surface area contributed by atoms with Gasteiger partial charge in [0.15, 0.2) is 9.84 Å². The van der Waals surface area contributed by atoms with E-state index in [9.17, 15) is 13.2 Å². The molecule has 0 fully saturated rings. The molecule has 94 valence electrons. The van der Waals surface area contributed by atoms with E-state index in [1.165, 1.54) is 6.92 Å². The van der Waals surface area contributed by atoms with Crippen molar-refractivity contribution < 1.29 is 13.2 Å². The molecule has 1 unspecified atom stereocenters. The molecule has 0 bridgehead atoms. The maximum atomic E-state index is 11.7. The molecule has 1 atom stereocenters. The number of benzene rings is 1. The highest BCUT2D eigenvalue weighted by Crippen LogP contribution is 2.19. The second-order valence-corrected chi connectivity index (χ2v) is 6.94. The maximum absolute atomic E-state index is 11.7. The van der Waals surface area contributed by atoms with Crippen LogP contribution in [0, 0.1) is 0 Å². The van der Waals surface area contributed by atoms with E-state index in [4.69, 9.17) is 0 Å². The van der Waals surface area contributed by atoms with Crippen LogP contribution in [0.1, 0.15) is 6.92 Å². The third-order valence-corrected chi connectivity index (χ3v) is 4.57. The molecule has 1 aromatic rings. The largest absolute Gasteiger partial charge is 0.325 e.